The van der Waals surface area contributed by atoms with Crippen molar-refractivity contribution in [3.63, 3.8) is 0 Å². The fourth-order valence-corrected chi connectivity index (χ4v) is 2.39. The van der Waals surface area contributed by atoms with Gasteiger partial charge in [-0.25, -0.2) is 0 Å². The minimum absolute atomic E-state index is 0.697. The summed E-state index contributed by atoms with van der Waals surface area (Å²) in [6.07, 6.45) is 4.44. The number of rotatable bonds is 4. The number of likely N-dealkylation sites (tertiary alicyclic amines) is 1. The molecule has 1 atom stereocenters. The summed E-state index contributed by atoms with van der Waals surface area (Å²) in [5.74, 6) is 0.697. The fourth-order valence-electron chi connectivity index (χ4n) is 2.39. The summed E-state index contributed by atoms with van der Waals surface area (Å²) < 4.78 is 5.24. The van der Waals surface area contributed by atoms with Gasteiger partial charge in [0.1, 0.15) is 0 Å². The van der Waals surface area contributed by atoms with Crippen molar-refractivity contribution in [2.45, 2.75) is 19.4 Å². The van der Waals surface area contributed by atoms with E-state index in [9.17, 15) is 0 Å². The third kappa shape index (κ3) is 3.29. The van der Waals surface area contributed by atoms with Gasteiger partial charge in [0.15, 0.2) is 0 Å². The molecule has 0 radical (unpaired) electrons. The first-order valence-electron chi connectivity index (χ1n) is 5.99. The molecule has 0 saturated carbocycles. The molecule has 1 aliphatic heterocycles. The molecule has 1 fully saturated rings. The number of hydrogen-bond acceptors (Lipinski definition) is 3. The molecule has 1 unspecified atom stereocenters. The number of piperidine rings is 1. The molecule has 0 N–H and O–H groups in total. The summed E-state index contributed by atoms with van der Waals surface area (Å²) >= 11 is 0. The van der Waals surface area contributed by atoms with Crippen LogP contribution in [0.2, 0.25) is 0 Å². The lowest BCUT2D eigenvalue weighted by atomic mass is 9.99. The highest BCUT2D eigenvalue weighted by Crippen LogP contribution is 2.17. The molecule has 0 aliphatic carbocycles. The molecule has 1 aliphatic rings. The molecule has 1 aromatic heterocycles. The summed E-state index contributed by atoms with van der Waals surface area (Å²) in [6.45, 7) is 4.20. The minimum atomic E-state index is 0.697. The molecule has 88 valence electrons. The molecular formula is C13H20N2O. The van der Waals surface area contributed by atoms with Gasteiger partial charge in [-0.3, -0.25) is 9.88 Å². The first-order chi connectivity index (χ1) is 7.88. The van der Waals surface area contributed by atoms with Crippen LogP contribution in [0.4, 0.5) is 0 Å². The Hall–Kier alpha value is -0.930. The Balaban J connectivity index is 1.85. The summed E-state index contributed by atoms with van der Waals surface area (Å²) in [5.41, 5.74) is 1.17. The second-order valence-electron chi connectivity index (χ2n) is 4.52. The van der Waals surface area contributed by atoms with E-state index in [2.05, 4.69) is 22.0 Å². The quantitative estimate of drug-likeness (QED) is 0.775. The SMILES string of the molecule is COCC1CCCN(Cc2ccccn2)C1. The average molecular weight is 220 g/mol. The first-order valence-corrected chi connectivity index (χ1v) is 5.99. The average Bonchev–Trinajstić information content (AvgIpc) is 2.31. The van der Waals surface area contributed by atoms with E-state index in [1.807, 2.05) is 12.3 Å². The van der Waals surface area contributed by atoms with Crippen molar-refractivity contribution in [2.24, 2.45) is 5.92 Å². The van der Waals surface area contributed by atoms with Crippen LogP contribution in [0.15, 0.2) is 24.4 Å². The fraction of sp³-hybridized carbons (Fsp3) is 0.615. The summed E-state index contributed by atoms with van der Waals surface area (Å²) in [5, 5.41) is 0. The van der Waals surface area contributed by atoms with E-state index in [1.165, 1.54) is 25.1 Å². The first kappa shape index (κ1) is 11.6. The molecule has 3 nitrogen and oxygen atoms in total. The van der Waals surface area contributed by atoms with Gasteiger partial charge in [-0.2, -0.15) is 0 Å². The van der Waals surface area contributed by atoms with Gasteiger partial charge in [-0.05, 0) is 37.4 Å². The number of pyridine rings is 1. The summed E-state index contributed by atoms with van der Waals surface area (Å²) in [6, 6.07) is 6.12. The van der Waals surface area contributed by atoms with Crippen molar-refractivity contribution in [3.8, 4) is 0 Å². The molecule has 0 spiro atoms. The number of aromatic nitrogens is 1. The van der Waals surface area contributed by atoms with Crippen molar-refractivity contribution in [2.75, 3.05) is 26.8 Å². The van der Waals surface area contributed by atoms with Crippen molar-refractivity contribution in [1.29, 1.82) is 0 Å². The molecule has 2 rings (SSSR count). The van der Waals surface area contributed by atoms with E-state index in [0.717, 1.165) is 19.7 Å². The van der Waals surface area contributed by atoms with Gasteiger partial charge in [0.05, 0.1) is 12.3 Å². The van der Waals surface area contributed by atoms with E-state index in [0.29, 0.717) is 5.92 Å². The third-order valence-electron chi connectivity index (χ3n) is 3.12. The molecule has 0 aromatic carbocycles. The number of methoxy groups -OCH3 is 1. The van der Waals surface area contributed by atoms with Gasteiger partial charge >= 0.3 is 0 Å². The molecule has 16 heavy (non-hydrogen) atoms. The van der Waals surface area contributed by atoms with Gasteiger partial charge in [-0.15, -0.1) is 0 Å². The Bertz CT molecular complexity index is 300. The Kier molecular flexibility index (Phi) is 4.31. The van der Waals surface area contributed by atoms with E-state index in [1.54, 1.807) is 7.11 Å². The highest BCUT2D eigenvalue weighted by Gasteiger charge is 2.19. The second kappa shape index (κ2) is 5.97. The Morgan fingerprint density at radius 3 is 3.19 bits per heavy atom. The van der Waals surface area contributed by atoms with Crippen LogP contribution in [-0.4, -0.2) is 36.7 Å². The van der Waals surface area contributed by atoms with Crippen molar-refractivity contribution in [1.82, 2.24) is 9.88 Å². The monoisotopic (exact) mass is 220 g/mol. The maximum atomic E-state index is 5.24. The normalized spacial score (nSPS) is 22.2. The van der Waals surface area contributed by atoms with Gasteiger partial charge < -0.3 is 4.74 Å². The van der Waals surface area contributed by atoms with Gasteiger partial charge in [0.25, 0.3) is 0 Å². The van der Waals surface area contributed by atoms with Crippen LogP contribution < -0.4 is 0 Å². The van der Waals surface area contributed by atoms with Gasteiger partial charge in [0, 0.05) is 26.4 Å². The predicted octanol–water partition coefficient (Wildman–Crippen LogP) is 1.94. The Morgan fingerprint density at radius 2 is 2.44 bits per heavy atom. The topological polar surface area (TPSA) is 25.4 Å². The minimum Gasteiger partial charge on any atom is -0.384 e. The molecular weight excluding hydrogens is 200 g/mol. The predicted molar refractivity (Wildman–Crippen MR) is 64.1 cm³/mol. The molecule has 1 aromatic rings. The molecule has 0 bridgehead atoms. The van der Waals surface area contributed by atoms with Crippen LogP contribution in [0.25, 0.3) is 0 Å². The highest BCUT2D eigenvalue weighted by molar-refractivity contribution is 5.03. The van der Waals surface area contributed by atoms with E-state index in [-0.39, 0.29) is 0 Å². The number of hydrogen-bond donors (Lipinski definition) is 0. The van der Waals surface area contributed by atoms with E-state index >= 15 is 0 Å². The van der Waals surface area contributed by atoms with Gasteiger partial charge in [-0.1, -0.05) is 6.07 Å². The van der Waals surface area contributed by atoms with Crippen LogP contribution in [0.5, 0.6) is 0 Å². The molecule has 1 saturated heterocycles. The van der Waals surface area contributed by atoms with Crippen LogP contribution >= 0.6 is 0 Å². The maximum absolute atomic E-state index is 5.24. The van der Waals surface area contributed by atoms with Crippen LogP contribution in [0, 0.1) is 5.92 Å². The highest BCUT2D eigenvalue weighted by atomic mass is 16.5. The smallest absolute Gasteiger partial charge is 0.0543 e. The van der Waals surface area contributed by atoms with Crippen LogP contribution in [0.1, 0.15) is 18.5 Å². The molecule has 3 heteroatoms. The van der Waals surface area contributed by atoms with Crippen LogP contribution in [0.3, 0.4) is 0 Å². The lowest BCUT2D eigenvalue weighted by Gasteiger charge is -2.32. The standard InChI is InChI=1S/C13H20N2O/c1-16-11-12-5-4-8-15(9-12)10-13-6-2-3-7-14-13/h2-3,6-7,12H,4-5,8-11H2,1H3. The number of nitrogens with zero attached hydrogens (tertiary/aromatic N) is 2. The lowest BCUT2D eigenvalue weighted by Crippen LogP contribution is -2.36. The van der Waals surface area contributed by atoms with Gasteiger partial charge in [0.2, 0.25) is 0 Å². The molecule has 2 heterocycles. The Labute approximate surface area is 97.4 Å². The van der Waals surface area contributed by atoms with Crippen LogP contribution in [-0.2, 0) is 11.3 Å². The molecule has 0 amide bonds. The number of ether oxygens (including phenoxy) is 1. The second-order valence-corrected chi connectivity index (χ2v) is 4.52. The van der Waals surface area contributed by atoms with E-state index in [4.69, 9.17) is 4.74 Å². The largest absolute Gasteiger partial charge is 0.384 e. The van der Waals surface area contributed by atoms with Crippen molar-refractivity contribution < 1.29 is 4.74 Å². The van der Waals surface area contributed by atoms with Crippen molar-refractivity contribution >= 4 is 0 Å². The van der Waals surface area contributed by atoms with Crippen molar-refractivity contribution in [3.05, 3.63) is 30.1 Å². The lowest BCUT2D eigenvalue weighted by molar-refractivity contribution is 0.0868. The zero-order valence-electron chi connectivity index (χ0n) is 9.93. The third-order valence-corrected chi connectivity index (χ3v) is 3.12. The summed E-state index contributed by atoms with van der Waals surface area (Å²) in [4.78, 5) is 6.85. The summed E-state index contributed by atoms with van der Waals surface area (Å²) in [7, 11) is 1.79. The van der Waals surface area contributed by atoms with E-state index < -0.39 is 0 Å². The zero-order valence-corrected chi connectivity index (χ0v) is 9.93. The maximum Gasteiger partial charge on any atom is 0.0543 e. The zero-order chi connectivity index (χ0) is 11.2. The Morgan fingerprint density at radius 1 is 1.50 bits per heavy atom.